The molecule has 1 nitrogen and oxygen atoms in total. The normalized spacial score (nSPS) is 31.5. The highest BCUT2D eigenvalue weighted by Crippen LogP contribution is 2.40. The van der Waals surface area contributed by atoms with E-state index >= 15 is 0 Å². The Kier molecular flexibility index (Phi) is 4.42. The van der Waals surface area contributed by atoms with E-state index < -0.39 is 0 Å². The Hall–Kier alpha value is -0.590. The molecule has 2 fully saturated rings. The SMILES string of the molecule is C=C(C1CCC(=O)CC1)[C@H]1CC[C@H](CC)CC1. The average molecular weight is 234 g/mol. The molecule has 1 heteroatoms. The number of hydrogen-bond donors (Lipinski definition) is 0. The standard InChI is InChI=1S/C16H26O/c1-3-13-4-6-14(7-5-13)12(2)15-8-10-16(17)11-9-15/h13-15H,2-11H2,1H3/t13-,14-. The molecule has 0 aromatic heterocycles. The molecule has 0 unspecified atom stereocenters. The van der Waals surface area contributed by atoms with Crippen molar-refractivity contribution in [3.63, 3.8) is 0 Å². The lowest BCUT2D eigenvalue weighted by atomic mass is 9.72. The average Bonchev–Trinajstić information content (AvgIpc) is 2.39. The lowest BCUT2D eigenvalue weighted by Gasteiger charge is -2.33. The quantitative estimate of drug-likeness (QED) is 0.656. The minimum atomic E-state index is 0.462. The van der Waals surface area contributed by atoms with Crippen molar-refractivity contribution in [3.8, 4) is 0 Å². The summed E-state index contributed by atoms with van der Waals surface area (Å²) in [5.74, 6) is 2.84. The molecule has 0 aromatic carbocycles. The van der Waals surface area contributed by atoms with Crippen LogP contribution in [0.1, 0.15) is 64.7 Å². The van der Waals surface area contributed by atoms with Gasteiger partial charge in [0.1, 0.15) is 5.78 Å². The van der Waals surface area contributed by atoms with Crippen molar-refractivity contribution in [2.75, 3.05) is 0 Å². The molecule has 0 bridgehead atoms. The highest BCUT2D eigenvalue weighted by atomic mass is 16.1. The second-order valence-corrected chi connectivity index (χ2v) is 6.01. The molecule has 0 aromatic rings. The molecule has 17 heavy (non-hydrogen) atoms. The highest BCUT2D eigenvalue weighted by Gasteiger charge is 2.28. The fourth-order valence-corrected chi connectivity index (χ4v) is 3.59. The van der Waals surface area contributed by atoms with Crippen molar-refractivity contribution in [1.82, 2.24) is 0 Å². The minimum Gasteiger partial charge on any atom is -0.300 e. The summed E-state index contributed by atoms with van der Waals surface area (Å²) in [6.07, 6.45) is 10.6. The van der Waals surface area contributed by atoms with Crippen molar-refractivity contribution in [2.45, 2.75) is 64.7 Å². The van der Waals surface area contributed by atoms with Gasteiger partial charge in [-0.25, -0.2) is 0 Å². The molecule has 0 atom stereocenters. The summed E-state index contributed by atoms with van der Waals surface area (Å²) in [6.45, 7) is 6.68. The zero-order valence-electron chi connectivity index (χ0n) is 11.2. The summed E-state index contributed by atoms with van der Waals surface area (Å²) in [6, 6.07) is 0. The number of hydrogen-bond acceptors (Lipinski definition) is 1. The van der Waals surface area contributed by atoms with Gasteiger partial charge in [0.25, 0.3) is 0 Å². The topological polar surface area (TPSA) is 17.1 Å². The number of carbonyl (C=O) groups is 1. The molecule has 0 radical (unpaired) electrons. The number of Topliss-reactive ketones (excluding diaryl/α,β-unsaturated/α-hetero) is 1. The maximum Gasteiger partial charge on any atom is 0.132 e. The van der Waals surface area contributed by atoms with Gasteiger partial charge in [0.15, 0.2) is 0 Å². The summed E-state index contributed by atoms with van der Waals surface area (Å²) in [7, 11) is 0. The van der Waals surface area contributed by atoms with Crippen LogP contribution in [0.25, 0.3) is 0 Å². The molecular weight excluding hydrogens is 208 g/mol. The maximum atomic E-state index is 11.3. The number of carbonyl (C=O) groups excluding carboxylic acids is 1. The Morgan fingerprint density at radius 3 is 2.12 bits per heavy atom. The summed E-state index contributed by atoms with van der Waals surface area (Å²) in [5.41, 5.74) is 1.48. The number of allylic oxidation sites excluding steroid dienone is 1. The molecule has 2 aliphatic rings. The Bertz CT molecular complexity index is 274. The summed E-state index contributed by atoms with van der Waals surface area (Å²) < 4.78 is 0. The first kappa shape index (κ1) is 12.9. The van der Waals surface area contributed by atoms with Crippen LogP contribution in [0.4, 0.5) is 0 Å². The Morgan fingerprint density at radius 1 is 1.06 bits per heavy atom. The van der Waals surface area contributed by atoms with E-state index in [2.05, 4.69) is 13.5 Å². The molecule has 0 spiro atoms. The van der Waals surface area contributed by atoms with E-state index in [1.165, 1.54) is 37.7 Å². The second kappa shape index (κ2) is 5.84. The Labute approximate surface area is 106 Å². The van der Waals surface area contributed by atoms with E-state index in [0.29, 0.717) is 11.7 Å². The number of ketones is 1. The summed E-state index contributed by atoms with van der Waals surface area (Å²) in [5, 5.41) is 0. The maximum absolute atomic E-state index is 11.3. The van der Waals surface area contributed by atoms with E-state index in [0.717, 1.165) is 37.5 Å². The van der Waals surface area contributed by atoms with Crippen LogP contribution in [0.3, 0.4) is 0 Å². The molecule has 96 valence electrons. The molecule has 0 saturated heterocycles. The van der Waals surface area contributed by atoms with Crippen LogP contribution in [-0.4, -0.2) is 5.78 Å². The lowest BCUT2D eigenvalue weighted by molar-refractivity contribution is -0.120. The van der Waals surface area contributed by atoms with E-state index in [-0.39, 0.29) is 0 Å². The van der Waals surface area contributed by atoms with Crippen molar-refractivity contribution in [3.05, 3.63) is 12.2 Å². The molecule has 2 rings (SSSR count). The summed E-state index contributed by atoms with van der Waals surface area (Å²) in [4.78, 5) is 11.3. The van der Waals surface area contributed by atoms with Gasteiger partial charge in [0, 0.05) is 12.8 Å². The predicted molar refractivity (Wildman–Crippen MR) is 71.8 cm³/mol. The highest BCUT2D eigenvalue weighted by molar-refractivity contribution is 5.79. The van der Waals surface area contributed by atoms with Crippen LogP contribution in [-0.2, 0) is 4.79 Å². The van der Waals surface area contributed by atoms with Crippen molar-refractivity contribution in [1.29, 1.82) is 0 Å². The number of rotatable bonds is 3. The van der Waals surface area contributed by atoms with E-state index in [4.69, 9.17) is 0 Å². The van der Waals surface area contributed by atoms with Crippen molar-refractivity contribution < 1.29 is 4.79 Å². The fraction of sp³-hybridized carbons (Fsp3) is 0.812. The molecule has 0 N–H and O–H groups in total. The van der Waals surface area contributed by atoms with Crippen LogP contribution in [0.15, 0.2) is 12.2 Å². The third-order valence-corrected chi connectivity index (χ3v) is 5.02. The Morgan fingerprint density at radius 2 is 1.59 bits per heavy atom. The van der Waals surface area contributed by atoms with Crippen LogP contribution < -0.4 is 0 Å². The third-order valence-electron chi connectivity index (χ3n) is 5.02. The molecule has 0 aliphatic heterocycles. The lowest BCUT2D eigenvalue weighted by Crippen LogP contribution is -2.22. The van der Waals surface area contributed by atoms with Crippen LogP contribution >= 0.6 is 0 Å². The van der Waals surface area contributed by atoms with Crippen molar-refractivity contribution in [2.24, 2.45) is 17.8 Å². The minimum absolute atomic E-state index is 0.462. The van der Waals surface area contributed by atoms with E-state index in [9.17, 15) is 4.79 Å². The first-order valence-electron chi connectivity index (χ1n) is 7.41. The molecule has 2 aliphatic carbocycles. The third kappa shape index (κ3) is 3.20. The Balaban J connectivity index is 1.82. The molecule has 0 heterocycles. The zero-order valence-corrected chi connectivity index (χ0v) is 11.2. The van der Waals surface area contributed by atoms with Crippen LogP contribution in [0.5, 0.6) is 0 Å². The van der Waals surface area contributed by atoms with Gasteiger partial charge in [-0.05, 0) is 56.3 Å². The van der Waals surface area contributed by atoms with Crippen LogP contribution in [0.2, 0.25) is 0 Å². The summed E-state index contributed by atoms with van der Waals surface area (Å²) >= 11 is 0. The van der Waals surface area contributed by atoms with E-state index in [1.807, 2.05) is 0 Å². The first-order valence-corrected chi connectivity index (χ1v) is 7.41. The van der Waals surface area contributed by atoms with Gasteiger partial charge < -0.3 is 0 Å². The fourth-order valence-electron chi connectivity index (χ4n) is 3.59. The van der Waals surface area contributed by atoms with Gasteiger partial charge >= 0.3 is 0 Å². The second-order valence-electron chi connectivity index (χ2n) is 6.01. The largest absolute Gasteiger partial charge is 0.300 e. The monoisotopic (exact) mass is 234 g/mol. The zero-order chi connectivity index (χ0) is 12.3. The van der Waals surface area contributed by atoms with Gasteiger partial charge in [-0.1, -0.05) is 25.5 Å². The first-order chi connectivity index (χ1) is 8.20. The molecule has 0 amide bonds. The predicted octanol–water partition coefficient (Wildman–Crippen LogP) is 4.52. The van der Waals surface area contributed by atoms with Crippen LogP contribution in [0, 0.1) is 17.8 Å². The van der Waals surface area contributed by atoms with Gasteiger partial charge in [-0.2, -0.15) is 0 Å². The van der Waals surface area contributed by atoms with E-state index in [1.54, 1.807) is 0 Å². The van der Waals surface area contributed by atoms with Gasteiger partial charge in [0.05, 0.1) is 0 Å². The van der Waals surface area contributed by atoms with Crippen molar-refractivity contribution >= 4 is 5.78 Å². The van der Waals surface area contributed by atoms with Gasteiger partial charge in [0.2, 0.25) is 0 Å². The molecule has 2 saturated carbocycles. The van der Waals surface area contributed by atoms with Gasteiger partial charge in [-0.3, -0.25) is 4.79 Å². The molecular formula is C16H26O. The smallest absolute Gasteiger partial charge is 0.132 e. The van der Waals surface area contributed by atoms with Gasteiger partial charge in [-0.15, -0.1) is 0 Å².